The van der Waals surface area contributed by atoms with Gasteiger partial charge >= 0.3 is 0 Å². The van der Waals surface area contributed by atoms with Gasteiger partial charge in [0.1, 0.15) is 7.05 Å². The quantitative estimate of drug-likeness (QED) is 0.648. The Morgan fingerprint density at radius 2 is 1.06 bits per heavy atom. The second kappa shape index (κ2) is 9.41. The van der Waals surface area contributed by atoms with E-state index in [1.165, 1.54) is 16.7 Å². The van der Waals surface area contributed by atoms with Gasteiger partial charge in [0, 0.05) is 12.1 Å². The number of hydrogen-bond acceptors (Lipinski definition) is 0. The van der Waals surface area contributed by atoms with Gasteiger partial charge < -0.3 is 0 Å². The fraction of sp³-hybridized carbons (Fsp3) is 0.353. The highest BCUT2D eigenvalue weighted by Gasteiger charge is 1.98. The summed E-state index contributed by atoms with van der Waals surface area (Å²) < 4.78 is 2.04. The molecule has 0 atom stereocenters. The first kappa shape index (κ1) is 16.4. The molecule has 0 N–H and O–H groups in total. The zero-order chi connectivity index (χ0) is 14.0. The number of pyridine rings is 1. The van der Waals surface area contributed by atoms with Crippen LogP contribution < -0.4 is 4.57 Å². The lowest BCUT2D eigenvalue weighted by molar-refractivity contribution is -0.671. The molecule has 0 aliphatic heterocycles. The van der Waals surface area contributed by atoms with Gasteiger partial charge in [-0.15, -0.1) is 0 Å². The van der Waals surface area contributed by atoms with Gasteiger partial charge in [-0.05, 0) is 18.1 Å². The van der Waals surface area contributed by atoms with Crippen LogP contribution in [0.15, 0.2) is 48.8 Å². The van der Waals surface area contributed by atoms with E-state index in [0.29, 0.717) is 0 Å². The van der Waals surface area contributed by atoms with Crippen molar-refractivity contribution in [3.63, 3.8) is 0 Å². The molecule has 0 aliphatic rings. The SMILES string of the molecule is CC.CC.Cc1ccc(-c2cc[n+](C)cc2)cc1. The van der Waals surface area contributed by atoms with Crippen LogP contribution in [0.4, 0.5) is 0 Å². The third-order valence-corrected chi connectivity index (χ3v) is 2.36. The van der Waals surface area contributed by atoms with E-state index in [1.54, 1.807) is 0 Å². The van der Waals surface area contributed by atoms with Crippen LogP contribution >= 0.6 is 0 Å². The summed E-state index contributed by atoms with van der Waals surface area (Å²) >= 11 is 0. The molecule has 0 saturated heterocycles. The largest absolute Gasteiger partial charge is 0.208 e. The monoisotopic (exact) mass is 244 g/mol. The Morgan fingerprint density at radius 3 is 1.50 bits per heavy atom. The maximum Gasteiger partial charge on any atom is 0.169 e. The van der Waals surface area contributed by atoms with Crippen molar-refractivity contribution in [2.45, 2.75) is 34.6 Å². The van der Waals surface area contributed by atoms with Crippen molar-refractivity contribution in [2.24, 2.45) is 7.05 Å². The molecule has 0 amide bonds. The molecule has 98 valence electrons. The smallest absolute Gasteiger partial charge is 0.169 e. The van der Waals surface area contributed by atoms with Gasteiger partial charge in [0.25, 0.3) is 0 Å². The Labute approximate surface area is 112 Å². The second-order valence-corrected chi connectivity index (χ2v) is 3.62. The number of hydrogen-bond donors (Lipinski definition) is 0. The highest BCUT2D eigenvalue weighted by atomic mass is 14.9. The van der Waals surface area contributed by atoms with Crippen molar-refractivity contribution in [1.29, 1.82) is 0 Å². The number of nitrogens with zero attached hydrogens (tertiary/aromatic N) is 1. The molecule has 0 unspecified atom stereocenters. The van der Waals surface area contributed by atoms with E-state index in [2.05, 4.69) is 55.7 Å². The summed E-state index contributed by atoms with van der Waals surface area (Å²) in [5.74, 6) is 0. The Bertz CT molecular complexity index is 369. The van der Waals surface area contributed by atoms with Gasteiger partial charge in [-0.2, -0.15) is 0 Å². The standard InChI is InChI=1S/C13H14N.2C2H6/c1-11-3-5-12(6-4-11)13-7-9-14(2)10-8-13;2*1-2/h3-10H,1-2H3;2*1-2H3/q+1;;. The van der Waals surface area contributed by atoms with Gasteiger partial charge in [-0.1, -0.05) is 57.5 Å². The van der Waals surface area contributed by atoms with Crippen LogP contribution in [0.5, 0.6) is 0 Å². The van der Waals surface area contributed by atoms with E-state index in [1.807, 2.05) is 39.3 Å². The molecule has 0 aliphatic carbocycles. The van der Waals surface area contributed by atoms with Crippen molar-refractivity contribution in [1.82, 2.24) is 0 Å². The fourth-order valence-corrected chi connectivity index (χ4v) is 1.44. The highest BCUT2D eigenvalue weighted by molar-refractivity contribution is 5.62. The molecule has 1 aromatic heterocycles. The lowest BCUT2D eigenvalue weighted by Gasteiger charge is -2.00. The zero-order valence-electron chi connectivity index (χ0n) is 12.6. The van der Waals surface area contributed by atoms with Gasteiger partial charge in [0.15, 0.2) is 12.4 Å². The van der Waals surface area contributed by atoms with Crippen molar-refractivity contribution in [3.05, 3.63) is 54.4 Å². The van der Waals surface area contributed by atoms with Crippen molar-refractivity contribution < 1.29 is 4.57 Å². The first-order valence-electron chi connectivity index (χ1n) is 6.78. The van der Waals surface area contributed by atoms with Crippen LogP contribution in [0.25, 0.3) is 11.1 Å². The van der Waals surface area contributed by atoms with Crippen LogP contribution in [-0.4, -0.2) is 0 Å². The molecule has 0 bridgehead atoms. The summed E-state index contributed by atoms with van der Waals surface area (Å²) in [4.78, 5) is 0. The molecule has 1 heterocycles. The molecule has 0 spiro atoms. The third kappa shape index (κ3) is 5.13. The predicted octanol–water partition coefficient (Wildman–Crippen LogP) is 4.54. The Kier molecular flexibility index (Phi) is 8.55. The number of rotatable bonds is 1. The molecule has 18 heavy (non-hydrogen) atoms. The first-order chi connectivity index (χ1) is 8.75. The number of aryl methyl sites for hydroxylation is 2. The zero-order valence-corrected chi connectivity index (χ0v) is 12.6. The molecule has 2 rings (SSSR count). The molecule has 1 nitrogen and oxygen atoms in total. The molecule has 1 heteroatoms. The number of aromatic nitrogens is 1. The van der Waals surface area contributed by atoms with Crippen LogP contribution in [-0.2, 0) is 7.05 Å². The highest BCUT2D eigenvalue weighted by Crippen LogP contribution is 2.17. The van der Waals surface area contributed by atoms with Crippen molar-refractivity contribution >= 4 is 0 Å². The van der Waals surface area contributed by atoms with E-state index in [-0.39, 0.29) is 0 Å². The lowest BCUT2D eigenvalue weighted by atomic mass is 10.1. The van der Waals surface area contributed by atoms with Gasteiger partial charge in [0.2, 0.25) is 0 Å². The van der Waals surface area contributed by atoms with Crippen LogP contribution in [0.2, 0.25) is 0 Å². The Morgan fingerprint density at radius 1 is 0.667 bits per heavy atom. The van der Waals surface area contributed by atoms with E-state index < -0.39 is 0 Å². The topological polar surface area (TPSA) is 3.88 Å². The van der Waals surface area contributed by atoms with Crippen LogP contribution in [0, 0.1) is 6.92 Å². The second-order valence-electron chi connectivity index (χ2n) is 3.62. The summed E-state index contributed by atoms with van der Waals surface area (Å²) in [6.45, 7) is 10.1. The van der Waals surface area contributed by atoms with E-state index >= 15 is 0 Å². The minimum atomic E-state index is 1.27. The number of benzene rings is 1. The van der Waals surface area contributed by atoms with Crippen LogP contribution in [0.1, 0.15) is 33.3 Å². The summed E-state index contributed by atoms with van der Waals surface area (Å²) in [6, 6.07) is 12.9. The lowest BCUT2D eigenvalue weighted by Crippen LogP contribution is -2.25. The van der Waals surface area contributed by atoms with Crippen LogP contribution in [0.3, 0.4) is 0 Å². The molecule has 2 aromatic rings. The third-order valence-electron chi connectivity index (χ3n) is 2.36. The minimum absolute atomic E-state index is 1.27. The average molecular weight is 244 g/mol. The van der Waals surface area contributed by atoms with E-state index in [0.717, 1.165) is 0 Å². The van der Waals surface area contributed by atoms with Crippen molar-refractivity contribution in [3.8, 4) is 11.1 Å². The van der Waals surface area contributed by atoms with E-state index in [4.69, 9.17) is 0 Å². The van der Waals surface area contributed by atoms with Gasteiger partial charge in [0.05, 0.1) is 0 Å². The van der Waals surface area contributed by atoms with E-state index in [9.17, 15) is 0 Å². The fourth-order valence-electron chi connectivity index (χ4n) is 1.44. The average Bonchev–Trinajstić information content (AvgIpc) is 2.45. The first-order valence-corrected chi connectivity index (χ1v) is 6.78. The molecular weight excluding hydrogens is 218 g/mol. The molecule has 1 aromatic carbocycles. The molecule has 0 saturated carbocycles. The van der Waals surface area contributed by atoms with Gasteiger partial charge in [-0.25, -0.2) is 4.57 Å². The maximum absolute atomic E-state index is 2.16. The summed E-state index contributed by atoms with van der Waals surface area (Å²) in [5, 5.41) is 0. The summed E-state index contributed by atoms with van der Waals surface area (Å²) in [5.41, 5.74) is 3.84. The molecule has 0 radical (unpaired) electrons. The minimum Gasteiger partial charge on any atom is -0.208 e. The summed E-state index contributed by atoms with van der Waals surface area (Å²) in [6.07, 6.45) is 4.13. The molecule has 0 fully saturated rings. The normalized spacial score (nSPS) is 8.56. The maximum atomic E-state index is 2.16. The van der Waals surface area contributed by atoms with Gasteiger partial charge in [-0.3, -0.25) is 0 Å². The van der Waals surface area contributed by atoms with Crippen molar-refractivity contribution in [2.75, 3.05) is 0 Å². The predicted molar refractivity (Wildman–Crippen MR) is 80.5 cm³/mol. The molecular formula is C17H26N+. The Balaban J connectivity index is 0.000000659. The Hall–Kier alpha value is -1.63. The summed E-state index contributed by atoms with van der Waals surface area (Å²) in [7, 11) is 2.03.